The number of methoxy groups -OCH3 is 1. The topological polar surface area (TPSA) is 86.2 Å². The zero-order valence-electron chi connectivity index (χ0n) is 14.4. The number of aromatic nitrogens is 3. The van der Waals surface area contributed by atoms with Gasteiger partial charge in [0.25, 0.3) is 0 Å². The second kappa shape index (κ2) is 5.24. The molecule has 0 atom stereocenters. The highest BCUT2D eigenvalue weighted by atomic mass is 16.5. The lowest BCUT2D eigenvalue weighted by Gasteiger charge is -2.35. The number of anilines is 1. The van der Waals surface area contributed by atoms with Crippen LogP contribution in [0.3, 0.4) is 0 Å². The van der Waals surface area contributed by atoms with Gasteiger partial charge in [-0.25, -0.2) is 9.97 Å². The molecule has 2 aromatic heterocycles. The molecular weight excluding hydrogens is 316 g/mol. The largest absolute Gasteiger partial charge is 0.506 e. The third-order valence-corrected chi connectivity index (χ3v) is 4.85. The summed E-state index contributed by atoms with van der Waals surface area (Å²) in [5.41, 5.74) is 10.5. The molecule has 0 unspecified atom stereocenters. The predicted molar refractivity (Wildman–Crippen MR) is 96.2 cm³/mol. The Balaban J connectivity index is 2.02. The van der Waals surface area contributed by atoms with E-state index in [1.165, 1.54) is 6.33 Å². The van der Waals surface area contributed by atoms with Crippen LogP contribution < -0.4 is 10.5 Å². The molecule has 0 spiro atoms. The maximum absolute atomic E-state index is 10.6. The van der Waals surface area contributed by atoms with Gasteiger partial charge in [0.1, 0.15) is 23.6 Å². The van der Waals surface area contributed by atoms with Crippen molar-refractivity contribution in [2.75, 3.05) is 12.8 Å². The summed E-state index contributed by atoms with van der Waals surface area (Å²) in [4.78, 5) is 8.67. The van der Waals surface area contributed by atoms with E-state index in [0.717, 1.165) is 40.2 Å². The molecule has 0 aliphatic heterocycles. The first-order valence-electron chi connectivity index (χ1n) is 8.11. The molecule has 6 nitrogen and oxygen atoms in total. The second-order valence-electron chi connectivity index (χ2n) is 6.96. The smallest absolute Gasteiger partial charge is 0.139 e. The fourth-order valence-electron chi connectivity index (χ4n) is 3.75. The number of phenolic OH excluding ortho intramolecular Hbond substituents is 1. The lowest BCUT2D eigenvalue weighted by atomic mass is 9.71. The first-order valence-corrected chi connectivity index (χ1v) is 8.11. The Bertz CT molecular complexity index is 976. The van der Waals surface area contributed by atoms with Crippen molar-refractivity contribution in [2.45, 2.75) is 25.7 Å². The fraction of sp³-hybridized carbons (Fsp3) is 0.263. The molecule has 1 aliphatic rings. The molecule has 0 saturated heterocycles. The summed E-state index contributed by atoms with van der Waals surface area (Å²) in [6.45, 7) is 4.25. The number of phenols is 1. The number of nitrogen functional groups attached to an aromatic ring is 1. The molecule has 0 amide bonds. The van der Waals surface area contributed by atoms with Gasteiger partial charge in [0, 0.05) is 17.3 Å². The van der Waals surface area contributed by atoms with Crippen molar-refractivity contribution in [2.24, 2.45) is 0 Å². The average molecular weight is 336 g/mol. The lowest BCUT2D eigenvalue weighted by Crippen LogP contribution is -2.29. The second-order valence-corrected chi connectivity index (χ2v) is 6.96. The van der Waals surface area contributed by atoms with E-state index in [4.69, 9.17) is 10.5 Å². The van der Waals surface area contributed by atoms with Gasteiger partial charge in [-0.3, -0.25) is 0 Å². The molecule has 6 heteroatoms. The van der Waals surface area contributed by atoms with E-state index >= 15 is 0 Å². The van der Waals surface area contributed by atoms with Gasteiger partial charge < -0.3 is 20.1 Å². The Morgan fingerprint density at radius 2 is 2.04 bits per heavy atom. The fourth-order valence-corrected chi connectivity index (χ4v) is 3.75. The van der Waals surface area contributed by atoms with Crippen molar-refractivity contribution in [3.63, 3.8) is 0 Å². The van der Waals surface area contributed by atoms with E-state index in [1.54, 1.807) is 13.2 Å². The minimum atomic E-state index is -0.243. The van der Waals surface area contributed by atoms with Crippen LogP contribution in [0.5, 0.6) is 11.5 Å². The lowest BCUT2D eigenvalue weighted by molar-refractivity contribution is 0.414. The summed E-state index contributed by atoms with van der Waals surface area (Å²) in [5, 5.41) is 10.6. The van der Waals surface area contributed by atoms with E-state index in [0.29, 0.717) is 5.82 Å². The minimum absolute atomic E-state index is 0.221. The van der Waals surface area contributed by atoms with Crippen LogP contribution in [0.1, 0.15) is 25.0 Å². The van der Waals surface area contributed by atoms with Crippen molar-refractivity contribution < 1.29 is 9.84 Å². The van der Waals surface area contributed by atoms with Crippen molar-refractivity contribution in [1.82, 2.24) is 14.5 Å². The molecule has 0 fully saturated rings. The highest BCUT2D eigenvalue weighted by Crippen LogP contribution is 2.47. The molecule has 1 aliphatic carbocycles. The number of nitrogens with zero attached hydrogens (tertiary/aromatic N) is 3. The van der Waals surface area contributed by atoms with Crippen LogP contribution in [0.15, 0.2) is 36.9 Å². The van der Waals surface area contributed by atoms with Gasteiger partial charge in [0.2, 0.25) is 0 Å². The molecule has 128 valence electrons. The summed E-state index contributed by atoms with van der Waals surface area (Å²) in [6, 6.07) is 5.46. The van der Waals surface area contributed by atoms with Crippen LogP contribution in [0.2, 0.25) is 0 Å². The molecule has 0 bridgehead atoms. The summed E-state index contributed by atoms with van der Waals surface area (Å²) >= 11 is 0. The quantitative estimate of drug-likeness (QED) is 0.751. The molecule has 3 aromatic rings. The number of hydrogen-bond donors (Lipinski definition) is 2. The summed E-state index contributed by atoms with van der Waals surface area (Å²) in [6.07, 6.45) is 5.94. The van der Waals surface area contributed by atoms with E-state index < -0.39 is 0 Å². The average Bonchev–Trinajstić information content (AvgIpc) is 3.02. The van der Waals surface area contributed by atoms with Crippen molar-refractivity contribution >= 4 is 5.82 Å². The highest BCUT2D eigenvalue weighted by Gasteiger charge is 2.36. The molecule has 2 heterocycles. The molecule has 0 saturated carbocycles. The number of nitrogens with two attached hydrogens (primary N) is 1. The van der Waals surface area contributed by atoms with Crippen LogP contribution in [-0.4, -0.2) is 26.8 Å². The van der Waals surface area contributed by atoms with Gasteiger partial charge >= 0.3 is 0 Å². The molecule has 1 aromatic carbocycles. The van der Waals surface area contributed by atoms with Gasteiger partial charge in [-0.2, -0.15) is 0 Å². The summed E-state index contributed by atoms with van der Waals surface area (Å²) in [5.74, 6) is 1.47. The van der Waals surface area contributed by atoms with Crippen LogP contribution in [0.25, 0.3) is 16.9 Å². The number of ether oxygens (including phenoxy) is 1. The van der Waals surface area contributed by atoms with Crippen LogP contribution in [-0.2, 0) is 11.8 Å². The standard InChI is InChI=1S/C19H20N4O2/c1-19(2)8-13-12(16-15(19)18(20)22-10-21-16)4-5-14(24)17(13)23-7-6-11(9-23)25-3/h4-7,9-10,24H,8H2,1-3H3,(H2,20,21,22). The summed E-state index contributed by atoms with van der Waals surface area (Å²) in [7, 11) is 1.62. The van der Waals surface area contributed by atoms with Gasteiger partial charge in [-0.15, -0.1) is 0 Å². The molecule has 25 heavy (non-hydrogen) atoms. The van der Waals surface area contributed by atoms with Gasteiger partial charge in [-0.05, 0) is 35.6 Å². The number of hydrogen-bond acceptors (Lipinski definition) is 5. The Morgan fingerprint density at radius 3 is 2.76 bits per heavy atom. The third-order valence-electron chi connectivity index (χ3n) is 4.85. The molecule has 4 rings (SSSR count). The molecular formula is C19H20N4O2. The number of fused-ring (bicyclic) bond motifs is 3. The maximum Gasteiger partial charge on any atom is 0.139 e. The van der Waals surface area contributed by atoms with Gasteiger partial charge in [0.15, 0.2) is 0 Å². The van der Waals surface area contributed by atoms with E-state index in [-0.39, 0.29) is 11.2 Å². The number of aromatic hydroxyl groups is 1. The van der Waals surface area contributed by atoms with E-state index in [1.807, 2.05) is 29.1 Å². The summed E-state index contributed by atoms with van der Waals surface area (Å²) < 4.78 is 7.16. The zero-order valence-corrected chi connectivity index (χ0v) is 14.4. The third kappa shape index (κ3) is 2.25. The highest BCUT2D eigenvalue weighted by molar-refractivity contribution is 5.80. The van der Waals surface area contributed by atoms with Gasteiger partial charge in [-0.1, -0.05) is 13.8 Å². The SMILES string of the molecule is COc1ccn(-c2c(O)ccc3c2CC(C)(C)c2c(N)ncnc2-3)c1. The molecule has 0 radical (unpaired) electrons. The first-order chi connectivity index (χ1) is 11.9. The molecule has 3 N–H and O–H groups in total. The van der Waals surface area contributed by atoms with E-state index in [2.05, 4.69) is 23.8 Å². The number of benzene rings is 1. The van der Waals surface area contributed by atoms with Gasteiger partial charge in [0.05, 0.1) is 24.7 Å². The maximum atomic E-state index is 10.6. The Kier molecular flexibility index (Phi) is 3.25. The van der Waals surface area contributed by atoms with E-state index in [9.17, 15) is 5.11 Å². The van der Waals surface area contributed by atoms with Crippen molar-refractivity contribution in [3.05, 3.63) is 48.0 Å². The normalized spacial score (nSPS) is 14.7. The Hall–Kier alpha value is -3.02. The Morgan fingerprint density at radius 1 is 1.24 bits per heavy atom. The first kappa shape index (κ1) is 15.5. The predicted octanol–water partition coefficient (Wildman–Crippen LogP) is 3.06. The van der Waals surface area contributed by atoms with Crippen LogP contribution in [0, 0.1) is 0 Å². The van der Waals surface area contributed by atoms with Crippen molar-refractivity contribution in [3.8, 4) is 28.4 Å². The Labute approximate surface area is 145 Å². The van der Waals surface area contributed by atoms with Crippen molar-refractivity contribution in [1.29, 1.82) is 0 Å². The van der Waals surface area contributed by atoms with Crippen LogP contribution >= 0.6 is 0 Å². The minimum Gasteiger partial charge on any atom is -0.506 e. The van der Waals surface area contributed by atoms with Crippen LogP contribution in [0.4, 0.5) is 5.82 Å². The number of rotatable bonds is 2. The zero-order chi connectivity index (χ0) is 17.8. The monoisotopic (exact) mass is 336 g/mol.